The standard InChI is InChI=1S/C10H22O2/c1-4-7-12-8-6-9(3)10(11)5-2/h9-11H,4-8H2,1-3H3. The van der Waals surface area contributed by atoms with Crippen molar-refractivity contribution in [2.75, 3.05) is 13.2 Å². The van der Waals surface area contributed by atoms with Crippen LogP contribution in [0.5, 0.6) is 0 Å². The average molecular weight is 174 g/mol. The third-order valence-electron chi connectivity index (χ3n) is 2.14. The van der Waals surface area contributed by atoms with Crippen molar-refractivity contribution < 1.29 is 9.84 Å². The SMILES string of the molecule is CCCOCCC(C)C(O)CC. The van der Waals surface area contributed by atoms with Gasteiger partial charge in [0.2, 0.25) is 0 Å². The van der Waals surface area contributed by atoms with Crippen LogP contribution in [-0.4, -0.2) is 24.4 Å². The molecular weight excluding hydrogens is 152 g/mol. The van der Waals surface area contributed by atoms with Gasteiger partial charge in [0.25, 0.3) is 0 Å². The van der Waals surface area contributed by atoms with E-state index < -0.39 is 0 Å². The van der Waals surface area contributed by atoms with Crippen molar-refractivity contribution in [1.82, 2.24) is 0 Å². The van der Waals surface area contributed by atoms with Gasteiger partial charge in [0, 0.05) is 13.2 Å². The summed E-state index contributed by atoms with van der Waals surface area (Å²) in [4.78, 5) is 0. The summed E-state index contributed by atoms with van der Waals surface area (Å²) < 4.78 is 5.34. The van der Waals surface area contributed by atoms with E-state index in [1.807, 2.05) is 6.92 Å². The van der Waals surface area contributed by atoms with Crippen molar-refractivity contribution >= 4 is 0 Å². The van der Waals surface area contributed by atoms with E-state index in [4.69, 9.17) is 4.74 Å². The molecule has 0 aromatic heterocycles. The van der Waals surface area contributed by atoms with E-state index >= 15 is 0 Å². The molecule has 74 valence electrons. The first-order valence-electron chi connectivity index (χ1n) is 4.98. The Hall–Kier alpha value is -0.0800. The topological polar surface area (TPSA) is 29.5 Å². The Bertz CT molecular complexity index is 93.8. The van der Waals surface area contributed by atoms with Gasteiger partial charge in [0.05, 0.1) is 6.10 Å². The van der Waals surface area contributed by atoms with Gasteiger partial charge in [-0.2, -0.15) is 0 Å². The van der Waals surface area contributed by atoms with Crippen LogP contribution in [0.15, 0.2) is 0 Å². The Morgan fingerprint density at radius 1 is 1.25 bits per heavy atom. The third kappa shape index (κ3) is 5.56. The molecule has 0 bridgehead atoms. The van der Waals surface area contributed by atoms with Crippen LogP contribution in [0, 0.1) is 5.92 Å². The second-order valence-electron chi connectivity index (χ2n) is 3.35. The van der Waals surface area contributed by atoms with Gasteiger partial charge in [-0.15, -0.1) is 0 Å². The highest BCUT2D eigenvalue weighted by Crippen LogP contribution is 2.10. The van der Waals surface area contributed by atoms with E-state index in [9.17, 15) is 5.11 Å². The molecule has 0 amide bonds. The maximum Gasteiger partial charge on any atom is 0.0564 e. The minimum atomic E-state index is -0.157. The normalized spacial score (nSPS) is 16.0. The van der Waals surface area contributed by atoms with Crippen LogP contribution in [0.3, 0.4) is 0 Å². The Morgan fingerprint density at radius 3 is 2.42 bits per heavy atom. The van der Waals surface area contributed by atoms with Gasteiger partial charge >= 0.3 is 0 Å². The van der Waals surface area contributed by atoms with Crippen LogP contribution in [0.1, 0.15) is 40.0 Å². The fraction of sp³-hybridized carbons (Fsp3) is 1.00. The fourth-order valence-electron chi connectivity index (χ4n) is 1.11. The van der Waals surface area contributed by atoms with Gasteiger partial charge < -0.3 is 9.84 Å². The first-order chi connectivity index (χ1) is 5.72. The van der Waals surface area contributed by atoms with Crippen LogP contribution < -0.4 is 0 Å². The van der Waals surface area contributed by atoms with E-state index in [0.29, 0.717) is 5.92 Å². The second-order valence-corrected chi connectivity index (χ2v) is 3.35. The first-order valence-corrected chi connectivity index (χ1v) is 4.98. The lowest BCUT2D eigenvalue weighted by molar-refractivity contribution is 0.0706. The molecule has 0 heterocycles. The lowest BCUT2D eigenvalue weighted by Gasteiger charge is -2.16. The number of hydrogen-bond acceptors (Lipinski definition) is 2. The van der Waals surface area contributed by atoms with Crippen LogP contribution in [0.25, 0.3) is 0 Å². The zero-order chi connectivity index (χ0) is 9.40. The van der Waals surface area contributed by atoms with Crippen molar-refractivity contribution in [3.8, 4) is 0 Å². The molecular formula is C10H22O2. The highest BCUT2D eigenvalue weighted by molar-refractivity contribution is 4.61. The molecule has 0 aliphatic carbocycles. The molecule has 0 aromatic carbocycles. The summed E-state index contributed by atoms with van der Waals surface area (Å²) in [7, 11) is 0. The highest BCUT2D eigenvalue weighted by Gasteiger charge is 2.10. The largest absolute Gasteiger partial charge is 0.393 e. The van der Waals surface area contributed by atoms with Gasteiger partial charge in [-0.25, -0.2) is 0 Å². The van der Waals surface area contributed by atoms with Gasteiger partial charge in [-0.3, -0.25) is 0 Å². The summed E-state index contributed by atoms with van der Waals surface area (Å²) in [6.07, 6.45) is 2.73. The molecule has 0 saturated carbocycles. The maximum atomic E-state index is 9.43. The minimum Gasteiger partial charge on any atom is -0.393 e. The smallest absolute Gasteiger partial charge is 0.0564 e. The Kier molecular flexibility index (Phi) is 7.51. The second kappa shape index (κ2) is 7.56. The summed E-state index contributed by atoms with van der Waals surface area (Å²) in [5.41, 5.74) is 0. The van der Waals surface area contributed by atoms with E-state index in [-0.39, 0.29) is 6.10 Å². The van der Waals surface area contributed by atoms with Crippen LogP contribution >= 0.6 is 0 Å². The molecule has 12 heavy (non-hydrogen) atoms. The molecule has 2 heteroatoms. The number of rotatable bonds is 7. The average Bonchev–Trinajstić information content (AvgIpc) is 2.10. The Labute approximate surface area is 75.9 Å². The maximum absolute atomic E-state index is 9.43. The predicted molar refractivity (Wildman–Crippen MR) is 51.2 cm³/mol. The number of hydrogen-bond donors (Lipinski definition) is 1. The molecule has 0 radical (unpaired) electrons. The van der Waals surface area contributed by atoms with Crippen molar-refractivity contribution in [2.24, 2.45) is 5.92 Å². The number of ether oxygens (including phenoxy) is 1. The minimum absolute atomic E-state index is 0.157. The highest BCUT2D eigenvalue weighted by atomic mass is 16.5. The van der Waals surface area contributed by atoms with Gasteiger partial charge in [0.15, 0.2) is 0 Å². The van der Waals surface area contributed by atoms with Crippen LogP contribution in [-0.2, 0) is 4.74 Å². The van der Waals surface area contributed by atoms with Crippen molar-refractivity contribution in [3.05, 3.63) is 0 Å². The summed E-state index contributed by atoms with van der Waals surface area (Å²) in [6.45, 7) is 7.81. The molecule has 0 spiro atoms. The Morgan fingerprint density at radius 2 is 1.92 bits per heavy atom. The van der Waals surface area contributed by atoms with E-state index in [2.05, 4.69) is 13.8 Å². The van der Waals surface area contributed by atoms with Crippen molar-refractivity contribution in [2.45, 2.75) is 46.1 Å². The lowest BCUT2D eigenvalue weighted by Crippen LogP contribution is -2.18. The summed E-state index contributed by atoms with van der Waals surface area (Å²) in [5.74, 6) is 0.367. The third-order valence-corrected chi connectivity index (χ3v) is 2.14. The van der Waals surface area contributed by atoms with E-state index in [1.165, 1.54) is 0 Å². The quantitative estimate of drug-likeness (QED) is 0.600. The number of aliphatic hydroxyl groups is 1. The number of aliphatic hydroxyl groups excluding tert-OH is 1. The zero-order valence-electron chi connectivity index (χ0n) is 8.55. The van der Waals surface area contributed by atoms with Crippen LogP contribution in [0.4, 0.5) is 0 Å². The zero-order valence-corrected chi connectivity index (χ0v) is 8.55. The molecule has 2 atom stereocenters. The molecule has 1 N–H and O–H groups in total. The van der Waals surface area contributed by atoms with Gasteiger partial charge in [-0.1, -0.05) is 20.8 Å². The molecule has 0 rings (SSSR count). The van der Waals surface area contributed by atoms with E-state index in [1.54, 1.807) is 0 Å². The summed E-state index contributed by atoms with van der Waals surface area (Å²) in [6, 6.07) is 0. The fourth-order valence-corrected chi connectivity index (χ4v) is 1.11. The van der Waals surface area contributed by atoms with Crippen molar-refractivity contribution in [3.63, 3.8) is 0 Å². The molecule has 0 saturated heterocycles. The summed E-state index contributed by atoms with van der Waals surface area (Å²) >= 11 is 0. The first kappa shape index (κ1) is 11.9. The van der Waals surface area contributed by atoms with E-state index in [0.717, 1.165) is 32.5 Å². The summed E-state index contributed by atoms with van der Waals surface area (Å²) in [5, 5.41) is 9.43. The molecule has 2 nitrogen and oxygen atoms in total. The monoisotopic (exact) mass is 174 g/mol. The Balaban J connectivity index is 3.24. The predicted octanol–water partition coefficient (Wildman–Crippen LogP) is 2.21. The molecule has 0 aliphatic rings. The van der Waals surface area contributed by atoms with Gasteiger partial charge in [0.1, 0.15) is 0 Å². The molecule has 2 unspecified atom stereocenters. The van der Waals surface area contributed by atoms with Gasteiger partial charge in [-0.05, 0) is 25.2 Å². The molecule has 0 aromatic rings. The van der Waals surface area contributed by atoms with Crippen molar-refractivity contribution in [1.29, 1.82) is 0 Å². The molecule has 0 fully saturated rings. The van der Waals surface area contributed by atoms with Crippen LogP contribution in [0.2, 0.25) is 0 Å². The molecule has 0 aliphatic heterocycles. The lowest BCUT2D eigenvalue weighted by atomic mass is 10.00.